The molecule has 0 radical (unpaired) electrons. The van der Waals surface area contributed by atoms with Crippen LogP contribution in [0.1, 0.15) is 44.2 Å². The van der Waals surface area contributed by atoms with Crippen molar-refractivity contribution in [1.82, 2.24) is 10.2 Å². The van der Waals surface area contributed by atoms with Gasteiger partial charge in [-0.25, -0.2) is 0 Å². The van der Waals surface area contributed by atoms with Gasteiger partial charge >= 0.3 is 0 Å². The molecule has 8 atom stereocenters. The van der Waals surface area contributed by atoms with E-state index in [0.29, 0.717) is 28.3 Å². The van der Waals surface area contributed by atoms with Crippen LogP contribution in [-0.4, -0.2) is 53.5 Å². The fourth-order valence-corrected chi connectivity index (χ4v) is 7.53. The van der Waals surface area contributed by atoms with E-state index in [2.05, 4.69) is 24.5 Å². The molecule has 222 valence electrons. The topological polar surface area (TPSA) is 97.0 Å². The fourth-order valence-electron chi connectivity index (χ4n) is 7.35. The number of anilines is 1. The summed E-state index contributed by atoms with van der Waals surface area (Å²) in [4.78, 5) is 43.9. The van der Waals surface area contributed by atoms with Crippen LogP contribution in [0.3, 0.4) is 0 Å². The molecule has 0 aromatic heterocycles. The number of fused-ring (bicyclic) bond motifs is 1. The van der Waals surface area contributed by atoms with E-state index in [1.54, 1.807) is 24.1 Å². The number of ether oxygens (including phenoxy) is 2. The molecule has 2 bridgehead atoms. The van der Waals surface area contributed by atoms with Crippen molar-refractivity contribution in [3.63, 3.8) is 0 Å². The monoisotopic (exact) mass is 591 g/mol. The van der Waals surface area contributed by atoms with E-state index in [1.807, 2.05) is 49.4 Å². The Hall–Kier alpha value is -3.36. The summed E-state index contributed by atoms with van der Waals surface area (Å²) in [5, 5.41) is 6.78. The van der Waals surface area contributed by atoms with E-state index in [4.69, 9.17) is 21.1 Å². The van der Waals surface area contributed by atoms with Gasteiger partial charge in [0.15, 0.2) is 0 Å². The molecule has 2 aromatic carbocycles. The summed E-state index contributed by atoms with van der Waals surface area (Å²) in [6.45, 7) is 6.48. The molecular formula is C33H38ClN3O5. The van der Waals surface area contributed by atoms with E-state index in [1.165, 1.54) is 0 Å². The maximum atomic E-state index is 14.3. The molecule has 42 heavy (non-hydrogen) atoms. The number of benzene rings is 2. The van der Waals surface area contributed by atoms with Crippen molar-refractivity contribution >= 4 is 35.0 Å². The third kappa shape index (κ3) is 4.78. The third-order valence-corrected chi connectivity index (χ3v) is 10.3. The first-order valence-electron chi connectivity index (χ1n) is 14.8. The number of methoxy groups -OCH3 is 1. The van der Waals surface area contributed by atoms with Gasteiger partial charge in [0.05, 0.1) is 25.0 Å². The molecule has 1 saturated carbocycles. The van der Waals surface area contributed by atoms with E-state index in [0.717, 1.165) is 30.4 Å². The quantitative estimate of drug-likeness (QED) is 0.447. The van der Waals surface area contributed by atoms with E-state index >= 15 is 0 Å². The first-order chi connectivity index (χ1) is 20.1. The Labute approximate surface area is 251 Å². The van der Waals surface area contributed by atoms with Gasteiger partial charge < -0.3 is 25.0 Å². The minimum Gasteiger partial charge on any atom is -0.497 e. The van der Waals surface area contributed by atoms with Crippen molar-refractivity contribution in [3.05, 3.63) is 70.8 Å². The number of likely N-dealkylation sites (tertiary alicyclic amines) is 1. The van der Waals surface area contributed by atoms with Gasteiger partial charge in [-0.3, -0.25) is 14.4 Å². The second-order valence-corrected chi connectivity index (χ2v) is 12.8. The molecule has 6 rings (SSSR count). The molecule has 3 aliphatic heterocycles. The number of carbonyl (C=O) groups is 3. The van der Waals surface area contributed by atoms with Crippen molar-refractivity contribution in [1.29, 1.82) is 0 Å². The van der Waals surface area contributed by atoms with Crippen LogP contribution < -0.4 is 15.4 Å². The molecule has 4 aliphatic rings. The van der Waals surface area contributed by atoms with Crippen LogP contribution in [0.5, 0.6) is 5.75 Å². The zero-order valence-electron chi connectivity index (χ0n) is 24.4. The molecule has 1 spiro atoms. The second kappa shape index (κ2) is 11.0. The third-order valence-electron chi connectivity index (χ3n) is 9.89. The van der Waals surface area contributed by atoms with Crippen molar-refractivity contribution < 1.29 is 23.9 Å². The number of aryl methyl sites for hydroxylation is 1. The van der Waals surface area contributed by atoms with Crippen LogP contribution in [0, 0.1) is 30.6 Å². The summed E-state index contributed by atoms with van der Waals surface area (Å²) >= 11 is 6.30. The van der Waals surface area contributed by atoms with Crippen LogP contribution in [0.4, 0.5) is 5.69 Å². The number of rotatable bonds is 7. The Kier molecular flexibility index (Phi) is 7.56. The Morgan fingerprint density at radius 2 is 1.95 bits per heavy atom. The highest BCUT2D eigenvalue weighted by molar-refractivity contribution is 6.31. The zero-order chi connectivity index (χ0) is 29.8. The smallest absolute Gasteiger partial charge is 0.246 e. The summed E-state index contributed by atoms with van der Waals surface area (Å²) in [5.41, 5.74) is 1.03. The van der Waals surface area contributed by atoms with Crippen molar-refractivity contribution in [2.75, 3.05) is 12.4 Å². The number of halogens is 1. The minimum atomic E-state index is -1.23. The van der Waals surface area contributed by atoms with Crippen LogP contribution in [0.15, 0.2) is 54.6 Å². The minimum absolute atomic E-state index is 0.0124. The molecule has 3 amide bonds. The molecule has 3 fully saturated rings. The maximum Gasteiger partial charge on any atom is 0.246 e. The predicted octanol–water partition coefficient (Wildman–Crippen LogP) is 4.89. The number of amides is 3. The maximum absolute atomic E-state index is 14.3. The number of nitrogens with zero attached hydrogens (tertiary/aromatic N) is 1. The van der Waals surface area contributed by atoms with Crippen LogP contribution in [0.25, 0.3) is 0 Å². The first-order valence-corrected chi connectivity index (χ1v) is 15.2. The van der Waals surface area contributed by atoms with Crippen LogP contribution >= 0.6 is 11.6 Å². The SMILES string of the molecule is COc1cccc(CN2C(=O)[C@@H]3[C@H](C(=O)Nc4ccc(C)c(Cl)c4)[C@@H]4C=C[C@@]3(O4)[C@@H]2C(=O)N[C@@H]2CCC[C@@H](C)[C@H]2C)c1. The summed E-state index contributed by atoms with van der Waals surface area (Å²) in [5.74, 6) is -0.991. The van der Waals surface area contributed by atoms with E-state index in [9.17, 15) is 14.4 Å². The lowest BCUT2D eigenvalue weighted by Gasteiger charge is -2.38. The predicted molar refractivity (Wildman–Crippen MR) is 160 cm³/mol. The zero-order valence-corrected chi connectivity index (χ0v) is 25.2. The number of hydrogen-bond donors (Lipinski definition) is 2. The number of carbonyl (C=O) groups excluding carboxylic acids is 3. The van der Waals surface area contributed by atoms with Gasteiger partial charge in [0.25, 0.3) is 0 Å². The largest absolute Gasteiger partial charge is 0.497 e. The highest BCUT2D eigenvalue weighted by Crippen LogP contribution is 2.55. The van der Waals surface area contributed by atoms with Gasteiger partial charge in [-0.05, 0) is 60.6 Å². The van der Waals surface area contributed by atoms with E-state index in [-0.39, 0.29) is 30.3 Å². The Morgan fingerprint density at radius 3 is 2.71 bits per heavy atom. The highest BCUT2D eigenvalue weighted by Gasteiger charge is 2.72. The molecule has 1 aliphatic carbocycles. The fraction of sp³-hybridized carbons (Fsp3) is 0.485. The highest BCUT2D eigenvalue weighted by atomic mass is 35.5. The molecule has 3 heterocycles. The first kappa shape index (κ1) is 28.7. The van der Waals surface area contributed by atoms with Crippen molar-refractivity contribution in [3.8, 4) is 5.75 Å². The number of hydrogen-bond acceptors (Lipinski definition) is 5. The van der Waals surface area contributed by atoms with Crippen LogP contribution in [-0.2, 0) is 25.7 Å². The Bertz CT molecular complexity index is 1440. The second-order valence-electron chi connectivity index (χ2n) is 12.4. The standard InChI is InChI=1S/C33H38ClN3O5/c1-18-7-5-10-25(20(18)3)36-31(39)29-33-14-13-26(42-33)27(30(38)35-22-12-11-19(2)24(34)16-22)28(33)32(40)37(29)17-21-8-6-9-23(15-21)41-4/h6,8-9,11-16,18,20,25-29H,5,7,10,17H2,1-4H3,(H,35,38)(H,36,39)/t18-,20-,25-,26+,27-,28+,29+,33+/m1/s1. The number of nitrogens with one attached hydrogen (secondary N) is 2. The average Bonchev–Trinajstić information content (AvgIpc) is 3.61. The van der Waals surface area contributed by atoms with Gasteiger partial charge in [-0.2, -0.15) is 0 Å². The van der Waals surface area contributed by atoms with Gasteiger partial charge in [0, 0.05) is 23.3 Å². The average molecular weight is 592 g/mol. The van der Waals surface area contributed by atoms with E-state index < -0.39 is 29.6 Å². The summed E-state index contributed by atoms with van der Waals surface area (Å²) in [6.07, 6.45) is 6.15. The molecule has 8 nitrogen and oxygen atoms in total. The van der Waals surface area contributed by atoms with Crippen molar-refractivity contribution in [2.45, 2.75) is 70.4 Å². The van der Waals surface area contributed by atoms with Crippen LogP contribution in [0.2, 0.25) is 5.02 Å². The molecular weight excluding hydrogens is 554 g/mol. The molecule has 9 heteroatoms. The lowest BCUT2D eigenvalue weighted by atomic mass is 9.73. The summed E-state index contributed by atoms with van der Waals surface area (Å²) in [7, 11) is 1.59. The Morgan fingerprint density at radius 1 is 1.14 bits per heavy atom. The summed E-state index contributed by atoms with van der Waals surface area (Å²) < 4.78 is 11.9. The summed E-state index contributed by atoms with van der Waals surface area (Å²) in [6, 6.07) is 11.9. The van der Waals surface area contributed by atoms with Gasteiger partial charge in [-0.15, -0.1) is 0 Å². The van der Waals surface area contributed by atoms with Gasteiger partial charge in [-0.1, -0.05) is 68.6 Å². The molecule has 2 aromatic rings. The Balaban J connectivity index is 1.33. The molecule has 2 saturated heterocycles. The lowest BCUT2D eigenvalue weighted by molar-refractivity contribution is -0.142. The van der Waals surface area contributed by atoms with Crippen molar-refractivity contribution in [2.24, 2.45) is 23.7 Å². The normalized spacial score (nSPS) is 33.0. The van der Waals surface area contributed by atoms with Gasteiger partial charge in [0.2, 0.25) is 17.7 Å². The molecule has 0 unspecified atom stereocenters. The lowest BCUT2D eigenvalue weighted by Crippen LogP contribution is -2.57. The van der Waals surface area contributed by atoms with Gasteiger partial charge in [0.1, 0.15) is 17.4 Å². The molecule has 2 N–H and O–H groups in total.